The van der Waals surface area contributed by atoms with Crippen LogP contribution in [0.15, 0.2) is 6.07 Å². The van der Waals surface area contributed by atoms with Crippen LogP contribution in [0.4, 0.5) is 0 Å². The van der Waals surface area contributed by atoms with Crippen LogP contribution in [0.3, 0.4) is 0 Å². The van der Waals surface area contributed by atoms with Gasteiger partial charge in [-0.05, 0) is 74.8 Å². The van der Waals surface area contributed by atoms with Crippen molar-refractivity contribution in [2.45, 2.75) is 77.6 Å². The SMILES string of the molecule is CCc1cc(C)n(C)c1C1CCC2(CCCC2)CC1. The lowest BCUT2D eigenvalue weighted by Crippen LogP contribution is -2.25. The second-order valence-electron chi connectivity index (χ2n) is 7.09. The van der Waals surface area contributed by atoms with Crippen LogP contribution in [0.2, 0.25) is 0 Å². The second kappa shape index (κ2) is 5.00. The quantitative estimate of drug-likeness (QED) is 0.695. The van der Waals surface area contributed by atoms with Gasteiger partial charge in [-0.25, -0.2) is 0 Å². The van der Waals surface area contributed by atoms with Crippen LogP contribution in [0.1, 0.15) is 81.2 Å². The minimum Gasteiger partial charge on any atom is -0.351 e. The molecule has 0 N–H and O–H groups in total. The monoisotopic (exact) mass is 259 g/mol. The van der Waals surface area contributed by atoms with Crippen LogP contribution < -0.4 is 0 Å². The average molecular weight is 259 g/mol. The summed E-state index contributed by atoms with van der Waals surface area (Å²) in [4.78, 5) is 0. The lowest BCUT2D eigenvalue weighted by Gasteiger charge is -2.38. The Bertz CT molecular complexity index is 439. The Labute approximate surface area is 118 Å². The molecule has 2 aliphatic rings. The molecular formula is C18H29N. The molecule has 0 radical (unpaired) electrons. The highest BCUT2D eigenvalue weighted by molar-refractivity contribution is 5.31. The Kier molecular flexibility index (Phi) is 3.49. The van der Waals surface area contributed by atoms with Crippen molar-refractivity contribution in [3.8, 4) is 0 Å². The average Bonchev–Trinajstić information content (AvgIpc) is 2.98. The maximum absolute atomic E-state index is 2.47. The summed E-state index contributed by atoms with van der Waals surface area (Å²) in [6.07, 6.45) is 13.1. The van der Waals surface area contributed by atoms with Crippen LogP contribution in [0.25, 0.3) is 0 Å². The van der Waals surface area contributed by atoms with Gasteiger partial charge in [-0.15, -0.1) is 0 Å². The summed E-state index contributed by atoms with van der Waals surface area (Å²) >= 11 is 0. The van der Waals surface area contributed by atoms with Gasteiger partial charge in [-0.1, -0.05) is 19.8 Å². The molecule has 1 spiro atoms. The van der Waals surface area contributed by atoms with Gasteiger partial charge >= 0.3 is 0 Å². The zero-order chi connectivity index (χ0) is 13.5. The Balaban J connectivity index is 1.78. The molecule has 1 heterocycles. The number of rotatable bonds is 2. The van der Waals surface area contributed by atoms with Gasteiger partial charge < -0.3 is 4.57 Å². The van der Waals surface area contributed by atoms with Gasteiger partial charge in [0.25, 0.3) is 0 Å². The van der Waals surface area contributed by atoms with Crippen LogP contribution >= 0.6 is 0 Å². The summed E-state index contributed by atoms with van der Waals surface area (Å²) < 4.78 is 2.47. The number of hydrogen-bond donors (Lipinski definition) is 0. The van der Waals surface area contributed by atoms with Crippen molar-refractivity contribution in [3.05, 3.63) is 23.0 Å². The highest BCUT2D eigenvalue weighted by atomic mass is 15.0. The molecule has 19 heavy (non-hydrogen) atoms. The van der Waals surface area contributed by atoms with E-state index in [9.17, 15) is 0 Å². The predicted octanol–water partition coefficient (Wildman–Crippen LogP) is 5.11. The first-order valence-corrected chi connectivity index (χ1v) is 8.30. The van der Waals surface area contributed by atoms with Crippen LogP contribution in [0.5, 0.6) is 0 Å². The van der Waals surface area contributed by atoms with Crippen LogP contribution in [-0.2, 0) is 13.5 Å². The smallest absolute Gasteiger partial charge is 0.0237 e. The molecule has 1 nitrogen and oxygen atoms in total. The number of aromatic nitrogens is 1. The summed E-state index contributed by atoms with van der Waals surface area (Å²) in [6, 6.07) is 2.41. The molecular weight excluding hydrogens is 230 g/mol. The summed E-state index contributed by atoms with van der Waals surface area (Å²) in [7, 11) is 2.27. The third-order valence-corrected chi connectivity index (χ3v) is 6.08. The standard InChI is InChI=1S/C18H29N/c1-4-15-13-14(2)19(3)17(15)16-7-11-18(12-8-16)9-5-6-10-18/h13,16H,4-12H2,1-3H3. The van der Waals surface area contributed by atoms with Gasteiger partial charge in [0.1, 0.15) is 0 Å². The Morgan fingerprint density at radius 3 is 2.37 bits per heavy atom. The third kappa shape index (κ3) is 2.26. The molecule has 0 unspecified atom stereocenters. The maximum Gasteiger partial charge on any atom is 0.0237 e. The van der Waals surface area contributed by atoms with Crippen LogP contribution in [0, 0.1) is 12.3 Å². The Morgan fingerprint density at radius 2 is 1.79 bits per heavy atom. The minimum absolute atomic E-state index is 0.767. The van der Waals surface area contributed by atoms with Gasteiger partial charge in [0.15, 0.2) is 0 Å². The van der Waals surface area contributed by atoms with Crippen molar-refractivity contribution < 1.29 is 0 Å². The van der Waals surface area contributed by atoms with E-state index in [-0.39, 0.29) is 0 Å². The van der Waals surface area contributed by atoms with Crippen molar-refractivity contribution in [2.24, 2.45) is 12.5 Å². The predicted molar refractivity (Wildman–Crippen MR) is 81.6 cm³/mol. The van der Waals surface area contributed by atoms with E-state index in [0.29, 0.717) is 0 Å². The Morgan fingerprint density at radius 1 is 1.16 bits per heavy atom. The zero-order valence-corrected chi connectivity index (χ0v) is 13.0. The van der Waals surface area contributed by atoms with E-state index >= 15 is 0 Å². The maximum atomic E-state index is 2.47. The summed E-state index contributed by atoms with van der Waals surface area (Å²) in [5.41, 5.74) is 5.47. The molecule has 0 atom stereocenters. The summed E-state index contributed by atoms with van der Waals surface area (Å²) in [5, 5.41) is 0. The van der Waals surface area contributed by atoms with E-state index in [1.165, 1.54) is 63.5 Å². The fourth-order valence-corrected chi connectivity index (χ4v) is 4.78. The van der Waals surface area contributed by atoms with Gasteiger partial charge in [0.2, 0.25) is 0 Å². The van der Waals surface area contributed by atoms with Crippen molar-refractivity contribution in [2.75, 3.05) is 0 Å². The van der Waals surface area contributed by atoms with Crippen molar-refractivity contribution in [3.63, 3.8) is 0 Å². The first-order chi connectivity index (χ1) is 9.15. The normalized spacial score (nSPS) is 23.3. The summed E-state index contributed by atoms with van der Waals surface area (Å²) in [6.45, 7) is 4.56. The largest absolute Gasteiger partial charge is 0.351 e. The van der Waals surface area contributed by atoms with E-state index < -0.39 is 0 Å². The molecule has 0 aliphatic heterocycles. The molecule has 106 valence electrons. The molecule has 1 aromatic rings. The van der Waals surface area contributed by atoms with E-state index in [4.69, 9.17) is 0 Å². The molecule has 1 heteroatoms. The van der Waals surface area contributed by atoms with E-state index in [2.05, 4.69) is 31.5 Å². The van der Waals surface area contributed by atoms with Crippen molar-refractivity contribution in [1.29, 1.82) is 0 Å². The van der Waals surface area contributed by atoms with Gasteiger partial charge in [-0.2, -0.15) is 0 Å². The fraction of sp³-hybridized carbons (Fsp3) is 0.778. The van der Waals surface area contributed by atoms with Crippen LogP contribution in [-0.4, -0.2) is 4.57 Å². The first-order valence-electron chi connectivity index (χ1n) is 8.30. The molecule has 0 saturated heterocycles. The highest BCUT2D eigenvalue weighted by Gasteiger charge is 2.38. The molecule has 1 aromatic heterocycles. The number of hydrogen-bond acceptors (Lipinski definition) is 0. The zero-order valence-electron chi connectivity index (χ0n) is 13.0. The van der Waals surface area contributed by atoms with Gasteiger partial charge in [0.05, 0.1) is 0 Å². The number of aryl methyl sites for hydroxylation is 2. The van der Waals surface area contributed by atoms with E-state index in [1.54, 1.807) is 11.3 Å². The van der Waals surface area contributed by atoms with E-state index in [1.807, 2.05) is 0 Å². The van der Waals surface area contributed by atoms with Crippen molar-refractivity contribution >= 4 is 0 Å². The molecule has 0 aromatic carbocycles. The lowest BCUT2D eigenvalue weighted by molar-refractivity contribution is 0.179. The van der Waals surface area contributed by atoms with Gasteiger partial charge in [-0.3, -0.25) is 0 Å². The second-order valence-corrected chi connectivity index (χ2v) is 7.09. The molecule has 0 amide bonds. The number of nitrogens with zero attached hydrogens (tertiary/aromatic N) is 1. The summed E-state index contributed by atoms with van der Waals surface area (Å²) in [5.74, 6) is 0.833. The fourth-order valence-electron chi connectivity index (χ4n) is 4.78. The third-order valence-electron chi connectivity index (χ3n) is 6.08. The first kappa shape index (κ1) is 13.3. The molecule has 0 bridgehead atoms. The highest BCUT2D eigenvalue weighted by Crippen LogP contribution is 2.52. The van der Waals surface area contributed by atoms with E-state index in [0.717, 1.165) is 11.3 Å². The lowest BCUT2D eigenvalue weighted by atomic mass is 9.68. The van der Waals surface area contributed by atoms with Crippen molar-refractivity contribution in [1.82, 2.24) is 4.57 Å². The molecule has 2 fully saturated rings. The Hall–Kier alpha value is -0.720. The minimum atomic E-state index is 0.767. The molecule has 2 aliphatic carbocycles. The topological polar surface area (TPSA) is 4.93 Å². The molecule has 3 rings (SSSR count). The van der Waals surface area contributed by atoms with Gasteiger partial charge in [0, 0.05) is 18.4 Å². The molecule has 2 saturated carbocycles.